The van der Waals surface area contributed by atoms with E-state index in [1.165, 1.54) is 13.2 Å². The number of rotatable bonds is 2. The molecule has 4 nitrogen and oxygen atoms in total. The van der Waals surface area contributed by atoms with E-state index in [9.17, 15) is 14.5 Å². The van der Waals surface area contributed by atoms with Gasteiger partial charge in [0, 0.05) is 0 Å². The maximum absolute atomic E-state index is 13.3. The zero-order valence-corrected chi connectivity index (χ0v) is 10.1. The predicted octanol–water partition coefficient (Wildman–Crippen LogP) is 3.27. The van der Waals surface area contributed by atoms with Crippen molar-refractivity contribution in [1.29, 1.82) is 0 Å². The summed E-state index contributed by atoms with van der Waals surface area (Å²) in [6, 6.07) is 1.35. The van der Waals surface area contributed by atoms with Gasteiger partial charge >= 0.3 is 5.69 Å². The molecule has 0 unspecified atom stereocenters. The molecule has 0 atom stereocenters. The fraction of sp³-hybridized carbons (Fsp3) is 0.143. The number of methoxy groups -OCH3 is 1. The Kier molecular flexibility index (Phi) is 3.43. The highest BCUT2D eigenvalue weighted by Gasteiger charge is 2.26. The van der Waals surface area contributed by atoms with E-state index in [4.69, 9.17) is 4.74 Å². The lowest BCUT2D eigenvalue weighted by atomic mass is 10.3. The molecule has 1 aromatic rings. The van der Waals surface area contributed by atoms with Crippen molar-refractivity contribution in [3.63, 3.8) is 0 Å². The van der Waals surface area contributed by atoms with Gasteiger partial charge in [0.25, 0.3) is 0 Å². The average Bonchev–Trinajstić information content (AvgIpc) is 2.10. The third-order valence-corrected chi connectivity index (χ3v) is 2.66. The van der Waals surface area contributed by atoms with Crippen LogP contribution in [-0.2, 0) is 0 Å². The van der Waals surface area contributed by atoms with Crippen LogP contribution in [0.3, 0.4) is 0 Å². The SMILES string of the molecule is COc1c(Br)cc(Br)c(F)c1[N+](=O)[O-]. The Morgan fingerprint density at radius 2 is 2.07 bits per heavy atom. The molecule has 14 heavy (non-hydrogen) atoms. The molecule has 1 rings (SSSR count). The molecule has 1 aromatic carbocycles. The molecule has 0 fully saturated rings. The predicted molar refractivity (Wildman–Crippen MR) is 55.0 cm³/mol. The second kappa shape index (κ2) is 4.22. The maximum atomic E-state index is 13.3. The Balaban J connectivity index is 3.56. The van der Waals surface area contributed by atoms with E-state index in [1.54, 1.807) is 0 Å². The highest BCUT2D eigenvalue weighted by molar-refractivity contribution is 9.11. The smallest absolute Gasteiger partial charge is 0.348 e. The van der Waals surface area contributed by atoms with Crippen LogP contribution in [0, 0.1) is 15.9 Å². The van der Waals surface area contributed by atoms with Crippen LogP contribution in [0.5, 0.6) is 5.75 Å². The summed E-state index contributed by atoms with van der Waals surface area (Å²) in [6.07, 6.45) is 0. The third kappa shape index (κ3) is 1.88. The van der Waals surface area contributed by atoms with Crippen molar-refractivity contribution in [2.24, 2.45) is 0 Å². The van der Waals surface area contributed by atoms with Crippen LogP contribution in [-0.4, -0.2) is 12.0 Å². The summed E-state index contributed by atoms with van der Waals surface area (Å²) in [5.41, 5.74) is -0.686. The number of benzene rings is 1. The summed E-state index contributed by atoms with van der Waals surface area (Å²) in [5, 5.41) is 10.5. The number of nitro groups is 1. The highest BCUT2D eigenvalue weighted by atomic mass is 79.9. The largest absolute Gasteiger partial charge is 0.489 e. The van der Waals surface area contributed by atoms with Crippen molar-refractivity contribution < 1.29 is 14.1 Å². The van der Waals surface area contributed by atoms with Gasteiger partial charge in [0.1, 0.15) is 0 Å². The van der Waals surface area contributed by atoms with Crippen molar-refractivity contribution in [1.82, 2.24) is 0 Å². The first-order valence-electron chi connectivity index (χ1n) is 3.35. The molecule has 0 saturated heterocycles. The lowest BCUT2D eigenvalue weighted by Crippen LogP contribution is -1.98. The fourth-order valence-corrected chi connectivity index (χ4v) is 2.23. The van der Waals surface area contributed by atoms with Crippen molar-refractivity contribution in [2.45, 2.75) is 0 Å². The van der Waals surface area contributed by atoms with Crippen molar-refractivity contribution in [2.75, 3.05) is 7.11 Å². The molecule has 0 bridgehead atoms. The normalized spacial score (nSPS) is 10.0. The van der Waals surface area contributed by atoms with Crippen molar-refractivity contribution in [3.8, 4) is 5.75 Å². The van der Waals surface area contributed by atoms with Gasteiger partial charge in [0.2, 0.25) is 11.6 Å². The van der Waals surface area contributed by atoms with Crippen LogP contribution in [0.15, 0.2) is 15.0 Å². The van der Waals surface area contributed by atoms with Crippen molar-refractivity contribution in [3.05, 3.63) is 30.9 Å². The summed E-state index contributed by atoms with van der Waals surface area (Å²) in [4.78, 5) is 9.72. The molecule has 0 aromatic heterocycles. The van der Waals surface area contributed by atoms with E-state index in [-0.39, 0.29) is 10.2 Å². The lowest BCUT2D eigenvalue weighted by molar-refractivity contribution is -0.388. The van der Waals surface area contributed by atoms with E-state index in [0.29, 0.717) is 4.47 Å². The van der Waals surface area contributed by atoms with E-state index in [1.807, 2.05) is 0 Å². The molecule has 0 amide bonds. The highest BCUT2D eigenvalue weighted by Crippen LogP contribution is 2.40. The molecule has 0 N–H and O–H groups in total. The van der Waals surface area contributed by atoms with E-state index >= 15 is 0 Å². The quantitative estimate of drug-likeness (QED) is 0.475. The van der Waals surface area contributed by atoms with E-state index < -0.39 is 16.4 Å². The topological polar surface area (TPSA) is 52.4 Å². The monoisotopic (exact) mass is 327 g/mol. The number of hydrogen-bond donors (Lipinski definition) is 0. The minimum absolute atomic E-state index is 0.0110. The lowest BCUT2D eigenvalue weighted by Gasteiger charge is -2.05. The standard InChI is InChI=1S/C7H4Br2FNO3/c1-14-7-4(9)2-3(8)5(10)6(7)11(12)13/h2H,1H3. The van der Waals surface area contributed by atoms with E-state index in [0.717, 1.165) is 0 Å². The van der Waals surface area contributed by atoms with Gasteiger partial charge in [-0.2, -0.15) is 4.39 Å². The average molecular weight is 329 g/mol. The summed E-state index contributed by atoms with van der Waals surface area (Å²) in [5.74, 6) is -1.08. The first-order chi connectivity index (χ1) is 6.49. The van der Waals surface area contributed by atoms with E-state index in [2.05, 4.69) is 31.9 Å². The van der Waals surface area contributed by atoms with Crippen LogP contribution in [0.25, 0.3) is 0 Å². The zero-order valence-electron chi connectivity index (χ0n) is 6.88. The van der Waals surface area contributed by atoms with Crippen LogP contribution >= 0.6 is 31.9 Å². The van der Waals surface area contributed by atoms with Crippen LogP contribution in [0.4, 0.5) is 10.1 Å². The molecular weight excluding hydrogens is 325 g/mol. The van der Waals surface area contributed by atoms with Gasteiger partial charge in [-0.25, -0.2) is 0 Å². The molecule has 0 aliphatic carbocycles. The first-order valence-corrected chi connectivity index (χ1v) is 4.93. The molecule has 0 spiro atoms. The fourth-order valence-electron chi connectivity index (χ4n) is 0.923. The van der Waals surface area contributed by atoms with Gasteiger partial charge in [-0.15, -0.1) is 0 Å². The number of ether oxygens (including phenoxy) is 1. The summed E-state index contributed by atoms with van der Waals surface area (Å²) in [6.45, 7) is 0. The van der Waals surface area contributed by atoms with Crippen LogP contribution < -0.4 is 4.74 Å². The van der Waals surface area contributed by atoms with Crippen LogP contribution in [0.2, 0.25) is 0 Å². The third-order valence-electron chi connectivity index (χ3n) is 1.49. The Labute approximate surface area is 95.5 Å². The van der Waals surface area contributed by atoms with Gasteiger partial charge in [-0.3, -0.25) is 10.1 Å². The van der Waals surface area contributed by atoms with Crippen LogP contribution in [0.1, 0.15) is 0 Å². The van der Waals surface area contributed by atoms with Gasteiger partial charge in [-0.1, -0.05) is 0 Å². The Bertz CT molecular complexity index is 397. The van der Waals surface area contributed by atoms with Gasteiger partial charge in [-0.05, 0) is 37.9 Å². The Hall–Kier alpha value is -0.690. The molecule has 0 aliphatic heterocycles. The van der Waals surface area contributed by atoms with Gasteiger partial charge in [0.15, 0.2) is 0 Å². The minimum Gasteiger partial charge on any atom is -0.489 e. The second-order valence-electron chi connectivity index (χ2n) is 2.29. The molecule has 7 heteroatoms. The molecule has 0 saturated carbocycles. The molecular formula is C7H4Br2FNO3. The molecule has 76 valence electrons. The molecule has 0 heterocycles. The number of halogens is 3. The number of nitro benzene ring substituents is 1. The number of nitrogens with zero attached hydrogens (tertiary/aromatic N) is 1. The molecule has 0 aliphatic rings. The van der Waals surface area contributed by atoms with Gasteiger partial charge < -0.3 is 4.74 Å². The first kappa shape index (κ1) is 11.4. The summed E-state index contributed by atoms with van der Waals surface area (Å²) < 4.78 is 18.3. The summed E-state index contributed by atoms with van der Waals surface area (Å²) >= 11 is 5.90. The second-order valence-corrected chi connectivity index (χ2v) is 4.00. The summed E-state index contributed by atoms with van der Waals surface area (Å²) in [7, 11) is 1.24. The zero-order chi connectivity index (χ0) is 10.9. The Morgan fingerprint density at radius 3 is 2.50 bits per heavy atom. The minimum atomic E-state index is -0.949. The molecule has 0 radical (unpaired) electrons. The Morgan fingerprint density at radius 1 is 1.50 bits per heavy atom. The number of hydrogen-bond acceptors (Lipinski definition) is 3. The maximum Gasteiger partial charge on any atom is 0.348 e. The van der Waals surface area contributed by atoms with Crippen molar-refractivity contribution >= 4 is 37.5 Å². The van der Waals surface area contributed by atoms with Gasteiger partial charge in [0.05, 0.1) is 21.0 Å².